The van der Waals surface area contributed by atoms with E-state index in [1.54, 1.807) is 36.4 Å². The van der Waals surface area contributed by atoms with Crippen molar-refractivity contribution in [3.05, 3.63) is 71.8 Å². The topological polar surface area (TPSA) is 118 Å². The fourth-order valence-electron chi connectivity index (χ4n) is 2.53. The van der Waals surface area contributed by atoms with E-state index in [-0.39, 0.29) is 11.1 Å². The predicted molar refractivity (Wildman–Crippen MR) is 112 cm³/mol. The van der Waals surface area contributed by atoms with Crippen LogP contribution < -0.4 is 0 Å². The molecular weight excluding hydrogens is 445 g/mol. The molecule has 3 atom stereocenters. The number of alkyl halides is 1. The highest BCUT2D eigenvalue weighted by molar-refractivity contribution is 7.86. The summed E-state index contributed by atoms with van der Waals surface area (Å²) in [6.07, 6.45) is -4.29. The van der Waals surface area contributed by atoms with Crippen LogP contribution in [-0.4, -0.2) is 64.9 Å². The van der Waals surface area contributed by atoms with Gasteiger partial charge in [0.15, 0.2) is 18.4 Å². The van der Waals surface area contributed by atoms with Gasteiger partial charge in [-0.25, -0.2) is 14.0 Å². The summed E-state index contributed by atoms with van der Waals surface area (Å²) in [5, 5.41) is 3.29. The van der Waals surface area contributed by atoms with Gasteiger partial charge in [-0.1, -0.05) is 41.6 Å². The third kappa shape index (κ3) is 8.08. The van der Waals surface area contributed by atoms with Crippen LogP contribution in [0.15, 0.2) is 65.8 Å². The molecule has 0 aliphatic heterocycles. The Bertz CT molecular complexity index is 1010. The first kappa shape index (κ1) is 25.0. The summed E-state index contributed by atoms with van der Waals surface area (Å²) in [5.41, 5.74) is 0.272. The molecule has 0 aliphatic carbocycles. The summed E-state index contributed by atoms with van der Waals surface area (Å²) in [7, 11) is -2.99. The zero-order chi connectivity index (χ0) is 23.6. The number of hydrogen-bond donors (Lipinski definition) is 0. The van der Waals surface area contributed by atoms with Gasteiger partial charge in [-0.05, 0) is 24.3 Å². The number of ether oxygens (including phenoxy) is 2. The summed E-state index contributed by atoms with van der Waals surface area (Å²) in [4.78, 5) is 29.2. The molecule has 2 aromatic carbocycles. The van der Waals surface area contributed by atoms with Crippen LogP contribution in [0.25, 0.3) is 0 Å². The van der Waals surface area contributed by atoms with E-state index in [1.165, 1.54) is 31.4 Å². The Balaban J connectivity index is 2.29. The first-order valence-electron chi connectivity index (χ1n) is 9.28. The molecular formula is C21H22FNO8S. The average Bonchev–Trinajstić information content (AvgIpc) is 2.78. The highest BCUT2D eigenvalue weighted by atomic mass is 32.2. The molecule has 0 saturated heterocycles. The number of oxime groups is 1. The number of nitrogens with zero attached hydrogens (tertiary/aromatic N) is 1. The summed E-state index contributed by atoms with van der Waals surface area (Å²) in [5.74, 6) is -1.75. The third-order valence-corrected chi connectivity index (χ3v) is 4.52. The van der Waals surface area contributed by atoms with E-state index in [0.717, 1.165) is 6.26 Å². The maximum atomic E-state index is 14.9. The largest absolute Gasteiger partial charge is 0.459 e. The number of benzene rings is 2. The predicted octanol–water partition coefficient (Wildman–Crippen LogP) is 2.38. The first-order chi connectivity index (χ1) is 15.2. The van der Waals surface area contributed by atoms with E-state index >= 15 is 0 Å². The van der Waals surface area contributed by atoms with Crippen molar-refractivity contribution in [2.75, 3.05) is 20.0 Å². The molecule has 0 fully saturated rings. The van der Waals surface area contributed by atoms with Gasteiger partial charge in [0.2, 0.25) is 0 Å². The zero-order valence-electron chi connectivity index (χ0n) is 17.3. The number of carbonyl (C=O) groups is 2. The van der Waals surface area contributed by atoms with Gasteiger partial charge in [0.1, 0.15) is 13.7 Å². The van der Waals surface area contributed by atoms with E-state index < -0.39 is 47.0 Å². The van der Waals surface area contributed by atoms with E-state index in [4.69, 9.17) is 13.7 Å². The third-order valence-electron chi connectivity index (χ3n) is 3.93. The second-order valence-electron chi connectivity index (χ2n) is 6.42. The lowest BCUT2D eigenvalue weighted by Crippen LogP contribution is -2.45. The normalized spacial score (nSPS) is 14.3. The Morgan fingerprint density at radius 3 is 2.03 bits per heavy atom. The van der Waals surface area contributed by atoms with Crippen molar-refractivity contribution in [3.63, 3.8) is 0 Å². The summed E-state index contributed by atoms with van der Waals surface area (Å²) < 4.78 is 53.6. The van der Waals surface area contributed by atoms with Crippen molar-refractivity contribution in [1.29, 1.82) is 0 Å². The fourth-order valence-corrected chi connectivity index (χ4v) is 3.15. The Labute approximate surface area is 184 Å². The fraction of sp³-hybridized carbons (Fsp3) is 0.286. The van der Waals surface area contributed by atoms with Crippen molar-refractivity contribution in [2.24, 2.45) is 5.16 Å². The van der Waals surface area contributed by atoms with Crippen LogP contribution >= 0.6 is 0 Å². The molecule has 0 spiro atoms. The Morgan fingerprint density at radius 2 is 1.53 bits per heavy atom. The maximum Gasteiger partial charge on any atom is 0.338 e. The quantitative estimate of drug-likeness (QED) is 0.214. The molecule has 0 amide bonds. The van der Waals surface area contributed by atoms with Crippen LogP contribution in [0.3, 0.4) is 0 Å². The molecule has 32 heavy (non-hydrogen) atoms. The first-order valence-corrected chi connectivity index (χ1v) is 11.1. The Morgan fingerprint density at radius 1 is 1.00 bits per heavy atom. The molecule has 0 aromatic heterocycles. The minimum Gasteiger partial charge on any atom is -0.459 e. The number of rotatable bonds is 11. The van der Waals surface area contributed by atoms with E-state index in [2.05, 4.69) is 9.99 Å². The number of hydrogen-bond acceptors (Lipinski definition) is 9. The molecule has 0 unspecified atom stereocenters. The number of halogens is 1. The zero-order valence-corrected chi connectivity index (χ0v) is 18.1. The summed E-state index contributed by atoms with van der Waals surface area (Å²) in [6.45, 7) is -0.727. The van der Waals surface area contributed by atoms with Gasteiger partial charge in [0.25, 0.3) is 10.1 Å². The van der Waals surface area contributed by atoms with Gasteiger partial charge < -0.3 is 14.3 Å². The summed E-state index contributed by atoms with van der Waals surface area (Å²) in [6, 6.07) is 15.5. The SMILES string of the molecule is CO/N=C\[C@@H](F)[C@H](OC(=O)c1ccccc1)[C@@H](COC(=O)c1ccccc1)OS(C)(=O)=O. The summed E-state index contributed by atoms with van der Waals surface area (Å²) >= 11 is 0. The molecule has 0 N–H and O–H groups in total. The molecule has 11 heteroatoms. The molecule has 0 radical (unpaired) electrons. The standard InChI is InChI=1S/C21H22FNO8S/c1-28-23-13-17(22)19(30-21(25)16-11-7-4-8-12-16)18(31-32(2,26)27)14-29-20(24)15-9-5-3-6-10-15/h3-13,17-19H,14H2,1-2H3/b23-13-/t17-,18-,19+/m1/s1. The van der Waals surface area contributed by atoms with Crippen molar-refractivity contribution in [3.8, 4) is 0 Å². The van der Waals surface area contributed by atoms with Crippen LogP contribution in [-0.2, 0) is 28.6 Å². The lowest BCUT2D eigenvalue weighted by Gasteiger charge is -2.27. The number of carbonyl (C=O) groups excluding carboxylic acids is 2. The second kappa shape index (κ2) is 11.9. The van der Waals surface area contributed by atoms with Crippen molar-refractivity contribution < 1.29 is 40.9 Å². The van der Waals surface area contributed by atoms with Gasteiger partial charge in [0.05, 0.1) is 23.6 Å². The van der Waals surface area contributed by atoms with E-state index in [0.29, 0.717) is 6.21 Å². The van der Waals surface area contributed by atoms with Gasteiger partial charge in [0, 0.05) is 0 Å². The molecule has 0 bridgehead atoms. The van der Waals surface area contributed by atoms with Crippen LogP contribution in [0.2, 0.25) is 0 Å². The molecule has 172 valence electrons. The number of esters is 2. The molecule has 2 rings (SSSR count). The molecule has 9 nitrogen and oxygen atoms in total. The van der Waals surface area contributed by atoms with E-state index in [1.807, 2.05) is 0 Å². The molecule has 0 aliphatic rings. The van der Waals surface area contributed by atoms with Crippen LogP contribution in [0, 0.1) is 0 Å². The van der Waals surface area contributed by atoms with Crippen molar-refractivity contribution in [1.82, 2.24) is 0 Å². The lowest BCUT2D eigenvalue weighted by molar-refractivity contribution is -0.0475. The minimum absolute atomic E-state index is 0.0905. The van der Waals surface area contributed by atoms with Crippen LogP contribution in [0.1, 0.15) is 20.7 Å². The van der Waals surface area contributed by atoms with Gasteiger partial charge in [-0.2, -0.15) is 8.42 Å². The van der Waals surface area contributed by atoms with Crippen molar-refractivity contribution in [2.45, 2.75) is 18.4 Å². The van der Waals surface area contributed by atoms with Crippen LogP contribution in [0.4, 0.5) is 4.39 Å². The second-order valence-corrected chi connectivity index (χ2v) is 8.02. The van der Waals surface area contributed by atoms with Gasteiger partial charge >= 0.3 is 11.9 Å². The highest BCUT2D eigenvalue weighted by Gasteiger charge is 2.37. The Hall–Kier alpha value is -3.31. The van der Waals surface area contributed by atoms with Crippen molar-refractivity contribution >= 4 is 28.3 Å². The maximum absolute atomic E-state index is 14.9. The average molecular weight is 467 g/mol. The van der Waals surface area contributed by atoms with Gasteiger partial charge in [-0.3, -0.25) is 4.18 Å². The van der Waals surface area contributed by atoms with E-state index in [9.17, 15) is 22.4 Å². The van der Waals surface area contributed by atoms with Crippen LogP contribution in [0.5, 0.6) is 0 Å². The molecule has 0 heterocycles. The molecule has 2 aromatic rings. The highest BCUT2D eigenvalue weighted by Crippen LogP contribution is 2.18. The molecule has 0 saturated carbocycles. The Kier molecular flexibility index (Phi) is 9.29. The smallest absolute Gasteiger partial charge is 0.338 e. The monoisotopic (exact) mass is 467 g/mol. The lowest BCUT2D eigenvalue weighted by atomic mass is 10.1. The van der Waals surface area contributed by atoms with Gasteiger partial charge in [-0.15, -0.1) is 0 Å². The minimum atomic E-state index is -4.16.